The highest BCUT2D eigenvalue weighted by atomic mass is 16.3. The normalized spacial score (nSPS) is 17.5. The van der Waals surface area contributed by atoms with E-state index in [0.29, 0.717) is 12.1 Å². The summed E-state index contributed by atoms with van der Waals surface area (Å²) >= 11 is 0. The topological polar surface area (TPSA) is 71.3 Å². The fraction of sp³-hybridized carbons (Fsp3) is 0.480. The number of hydrogen-bond donors (Lipinski definition) is 1. The first kappa shape index (κ1) is 20.0. The van der Waals surface area contributed by atoms with Crippen molar-refractivity contribution in [1.29, 1.82) is 0 Å². The van der Waals surface area contributed by atoms with Crippen LogP contribution in [-0.4, -0.2) is 35.5 Å². The monoisotopic (exact) mass is 418 g/mol. The van der Waals surface area contributed by atoms with Gasteiger partial charge in [0.2, 0.25) is 5.82 Å². The predicted molar refractivity (Wildman–Crippen MR) is 123 cm³/mol. The molecule has 162 valence electrons. The maximum Gasteiger partial charge on any atom is 0.289 e. The van der Waals surface area contributed by atoms with Crippen LogP contribution < -0.4 is 10.2 Å². The van der Waals surface area contributed by atoms with Gasteiger partial charge in [-0.05, 0) is 57.1 Å². The molecule has 31 heavy (non-hydrogen) atoms. The van der Waals surface area contributed by atoms with Crippen molar-refractivity contribution in [3.05, 3.63) is 41.7 Å². The Labute approximate surface area is 182 Å². The van der Waals surface area contributed by atoms with Crippen LogP contribution in [0.25, 0.3) is 22.1 Å². The van der Waals surface area contributed by atoms with Crippen molar-refractivity contribution in [1.82, 2.24) is 15.3 Å². The van der Waals surface area contributed by atoms with Crippen molar-refractivity contribution >= 4 is 33.8 Å². The highest BCUT2D eigenvalue weighted by Gasteiger charge is 2.23. The van der Waals surface area contributed by atoms with E-state index in [9.17, 15) is 4.79 Å². The van der Waals surface area contributed by atoms with Gasteiger partial charge in [0.05, 0.1) is 0 Å². The minimum atomic E-state index is -0.209. The maximum absolute atomic E-state index is 13.0. The Balaban J connectivity index is 1.46. The number of fused-ring (bicyclic) bond motifs is 3. The minimum absolute atomic E-state index is 0.209. The molecule has 3 aromatic rings. The zero-order valence-corrected chi connectivity index (χ0v) is 18.0. The molecule has 1 aromatic carbocycles. The lowest BCUT2D eigenvalue weighted by Crippen LogP contribution is -2.29. The molecule has 6 nitrogen and oxygen atoms in total. The third kappa shape index (κ3) is 4.29. The van der Waals surface area contributed by atoms with E-state index < -0.39 is 0 Å². The van der Waals surface area contributed by atoms with Crippen LogP contribution in [0.1, 0.15) is 68.4 Å². The van der Waals surface area contributed by atoms with E-state index in [1.807, 2.05) is 24.3 Å². The van der Waals surface area contributed by atoms with E-state index in [2.05, 4.69) is 21.3 Å². The number of nitrogens with zero attached hydrogens (tertiary/aromatic N) is 3. The van der Waals surface area contributed by atoms with Crippen molar-refractivity contribution < 1.29 is 9.21 Å². The molecule has 0 saturated carbocycles. The Morgan fingerprint density at radius 1 is 1.03 bits per heavy atom. The Morgan fingerprint density at radius 3 is 2.68 bits per heavy atom. The second-order valence-corrected chi connectivity index (χ2v) is 8.66. The van der Waals surface area contributed by atoms with Gasteiger partial charge in [0.25, 0.3) is 5.91 Å². The standard InChI is InChI=1S/C25H30N4O2/c30-25(26-15-14-18-10-4-3-5-11-18)23-27-21-19-12-6-7-13-20(19)31-22(21)24(28-23)29-16-8-1-2-9-17-29/h6-7,10,12-13H,1-5,8-9,11,14-17H2,(H,26,30). The summed E-state index contributed by atoms with van der Waals surface area (Å²) < 4.78 is 6.17. The molecule has 1 fully saturated rings. The summed E-state index contributed by atoms with van der Waals surface area (Å²) in [7, 11) is 0. The number of benzene rings is 1. The first-order valence-corrected chi connectivity index (χ1v) is 11.7. The molecule has 0 bridgehead atoms. The van der Waals surface area contributed by atoms with Gasteiger partial charge in [0.15, 0.2) is 11.4 Å². The number of para-hydroxylation sites is 1. The third-order valence-electron chi connectivity index (χ3n) is 6.43. The fourth-order valence-electron chi connectivity index (χ4n) is 4.72. The largest absolute Gasteiger partial charge is 0.450 e. The number of rotatable bonds is 5. The summed E-state index contributed by atoms with van der Waals surface area (Å²) in [6.45, 7) is 2.48. The number of hydrogen-bond acceptors (Lipinski definition) is 5. The van der Waals surface area contributed by atoms with E-state index in [-0.39, 0.29) is 11.7 Å². The van der Waals surface area contributed by atoms with Crippen LogP contribution in [-0.2, 0) is 0 Å². The molecule has 1 aliphatic carbocycles. The molecule has 1 N–H and O–H groups in total. The molecule has 2 aromatic heterocycles. The fourth-order valence-corrected chi connectivity index (χ4v) is 4.72. The van der Waals surface area contributed by atoms with Crippen molar-refractivity contribution in [2.75, 3.05) is 24.5 Å². The van der Waals surface area contributed by atoms with E-state index >= 15 is 0 Å². The first-order valence-electron chi connectivity index (χ1n) is 11.7. The second-order valence-electron chi connectivity index (χ2n) is 8.66. The van der Waals surface area contributed by atoms with Gasteiger partial charge in [0, 0.05) is 25.0 Å². The summed E-state index contributed by atoms with van der Waals surface area (Å²) in [5, 5.41) is 3.97. The Hall–Kier alpha value is -2.89. The van der Waals surface area contributed by atoms with Gasteiger partial charge in [-0.25, -0.2) is 9.97 Å². The number of nitrogens with one attached hydrogen (secondary N) is 1. The highest BCUT2D eigenvalue weighted by molar-refractivity contribution is 6.07. The van der Waals surface area contributed by atoms with Gasteiger partial charge in [-0.1, -0.05) is 36.6 Å². The Morgan fingerprint density at radius 2 is 1.87 bits per heavy atom. The van der Waals surface area contributed by atoms with Gasteiger partial charge in [-0.3, -0.25) is 4.79 Å². The van der Waals surface area contributed by atoms with E-state index in [1.54, 1.807) is 0 Å². The van der Waals surface area contributed by atoms with Crippen molar-refractivity contribution in [2.45, 2.75) is 57.8 Å². The average molecular weight is 419 g/mol. The number of amides is 1. The lowest BCUT2D eigenvalue weighted by atomic mass is 9.97. The molecule has 2 aliphatic rings. The number of aromatic nitrogens is 2. The highest BCUT2D eigenvalue weighted by Crippen LogP contribution is 2.33. The zero-order chi connectivity index (χ0) is 21.0. The number of carbonyl (C=O) groups excluding carboxylic acids is 1. The molecule has 6 heteroatoms. The minimum Gasteiger partial charge on any atom is -0.450 e. The SMILES string of the molecule is O=C(NCCC1=CCCCC1)c1nc(N2CCCCCC2)c2oc3ccccc3c2n1. The van der Waals surface area contributed by atoms with E-state index in [1.165, 1.54) is 31.3 Å². The van der Waals surface area contributed by atoms with Crippen LogP contribution in [0.4, 0.5) is 5.82 Å². The third-order valence-corrected chi connectivity index (χ3v) is 6.43. The van der Waals surface area contributed by atoms with Crippen LogP contribution in [0.2, 0.25) is 0 Å². The molecular weight excluding hydrogens is 388 g/mol. The quantitative estimate of drug-likeness (QED) is 0.564. The summed E-state index contributed by atoms with van der Waals surface area (Å²) in [6.07, 6.45) is 12.8. The van der Waals surface area contributed by atoms with E-state index in [4.69, 9.17) is 9.40 Å². The number of allylic oxidation sites excluding steroid dienone is 1. The molecule has 0 atom stereocenters. The average Bonchev–Trinajstić information content (AvgIpc) is 2.97. The molecule has 3 heterocycles. The van der Waals surface area contributed by atoms with Crippen LogP contribution in [0.15, 0.2) is 40.3 Å². The van der Waals surface area contributed by atoms with Crippen molar-refractivity contribution in [3.8, 4) is 0 Å². The molecule has 0 radical (unpaired) electrons. The van der Waals surface area contributed by atoms with Crippen LogP contribution in [0, 0.1) is 0 Å². The summed E-state index contributed by atoms with van der Waals surface area (Å²) in [4.78, 5) is 24.6. The molecule has 1 aliphatic heterocycles. The lowest BCUT2D eigenvalue weighted by Gasteiger charge is -2.21. The Bertz CT molecular complexity index is 1110. The summed E-state index contributed by atoms with van der Waals surface area (Å²) in [6, 6.07) is 7.87. The zero-order valence-electron chi connectivity index (χ0n) is 18.0. The molecule has 1 saturated heterocycles. The summed E-state index contributed by atoms with van der Waals surface area (Å²) in [5.41, 5.74) is 3.65. The van der Waals surface area contributed by atoms with Gasteiger partial charge in [-0.2, -0.15) is 0 Å². The van der Waals surface area contributed by atoms with Crippen LogP contribution >= 0.6 is 0 Å². The second kappa shape index (κ2) is 9.08. The van der Waals surface area contributed by atoms with Gasteiger partial charge in [0.1, 0.15) is 11.1 Å². The molecule has 0 unspecified atom stereocenters. The van der Waals surface area contributed by atoms with Gasteiger partial charge in [-0.15, -0.1) is 0 Å². The number of furan rings is 1. The van der Waals surface area contributed by atoms with Gasteiger partial charge < -0.3 is 14.6 Å². The first-order chi connectivity index (χ1) is 15.3. The van der Waals surface area contributed by atoms with Gasteiger partial charge >= 0.3 is 0 Å². The summed E-state index contributed by atoms with van der Waals surface area (Å²) in [5.74, 6) is 0.777. The Kier molecular flexibility index (Phi) is 5.87. The molecule has 0 spiro atoms. The van der Waals surface area contributed by atoms with Crippen LogP contribution in [0.5, 0.6) is 0 Å². The number of carbonyl (C=O) groups is 1. The predicted octanol–water partition coefficient (Wildman–Crippen LogP) is 5.38. The maximum atomic E-state index is 13.0. The van der Waals surface area contributed by atoms with Crippen molar-refractivity contribution in [3.63, 3.8) is 0 Å². The number of anilines is 1. The molecular formula is C25H30N4O2. The van der Waals surface area contributed by atoms with E-state index in [0.717, 1.165) is 67.5 Å². The van der Waals surface area contributed by atoms with Crippen molar-refractivity contribution in [2.24, 2.45) is 0 Å². The molecule has 1 amide bonds. The molecule has 5 rings (SSSR count). The smallest absolute Gasteiger partial charge is 0.289 e. The van der Waals surface area contributed by atoms with Crippen LogP contribution in [0.3, 0.4) is 0 Å². The lowest BCUT2D eigenvalue weighted by molar-refractivity contribution is 0.0944.